The second-order valence-corrected chi connectivity index (χ2v) is 8.69. The number of ether oxygens (including phenoxy) is 1. The first-order chi connectivity index (χ1) is 14.3. The molecule has 3 aromatic carbocycles. The molecule has 0 fully saturated rings. The van der Waals surface area contributed by atoms with E-state index in [1.165, 1.54) is 17.7 Å². The number of nitrogens with one attached hydrogen (secondary N) is 2. The number of benzene rings is 3. The third-order valence-corrected chi connectivity index (χ3v) is 6.09. The summed E-state index contributed by atoms with van der Waals surface area (Å²) in [7, 11) is -2.26. The van der Waals surface area contributed by atoms with Crippen LogP contribution < -0.4 is 14.8 Å². The van der Waals surface area contributed by atoms with Crippen molar-refractivity contribution in [1.82, 2.24) is 0 Å². The number of rotatable bonds is 7. The number of sulfonamides is 1. The summed E-state index contributed by atoms with van der Waals surface area (Å²) in [5.41, 5.74) is 4.03. The van der Waals surface area contributed by atoms with Crippen molar-refractivity contribution in [2.24, 2.45) is 0 Å². The average molecular weight is 425 g/mol. The van der Waals surface area contributed by atoms with Crippen LogP contribution in [0.15, 0.2) is 71.6 Å². The Kier molecular flexibility index (Phi) is 6.42. The van der Waals surface area contributed by atoms with Gasteiger partial charge in [0.25, 0.3) is 10.0 Å². The van der Waals surface area contributed by atoms with Gasteiger partial charge in [-0.15, -0.1) is 0 Å². The molecule has 0 saturated carbocycles. The summed E-state index contributed by atoms with van der Waals surface area (Å²) >= 11 is 0. The SMILES string of the molecule is COc1ccc(NS(=O)(=O)c2cccc(NC(=O)Cc3ccc(C)c(C)c3)c2)cc1. The van der Waals surface area contributed by atoms with Gasteiger partial charge in [0.2, 0.25) is 5.91 Å². The third kappa shape index (κ3) is 5.39. The number of hydrogen-bond acceptors (Lipinski definition) is 4. The normalized spacial score (nSPS) is 11.0. The zero-order chi connectivity index (χ0) is 21.7. The fraction of sp³-hybridized carbons (Fsp3) is 0.174. The number of carbonyl (C=O) groups excluding carboxylic acids is 1. The first kappa shape index (κ1) is 21.4. The van der Waals surface area contributed by atoms with Crippen LogP contribution in [0.3, 0.4) is 0 Å². The summed E-state index contributed by atoms with van der Waals surface area (Å²) in [6, 6.07) is 18.6. The van der Waals surface area contributed by atoms with Crippen molar-refractivity contribution >= 4 is 27.3 Å². The Hall–Kier alpha value is -3.32. The second-order valence-electron chi connectivity index (χ2n) is 7.01. The molecule has 6 nitrogen and oxygen atoms in total. The minimum absolute atomic E-state index is 0.0577. The zero-order valence-electron chi connectivity index (χ0n) is 17.1. The van der Waals surface area contributed by atoms with Gasteiger partial charge in [0.05, 0.1) is 18.4 Å². The molecule has 0 spiro atoms. The quantitative estimate of drug-likeness (QED) is 0.592. The van der Waals surface area contributed by atoms with Crippen LogP contribution in [0.4, 0.5) is 11.4 Å². The van der Waals surface area contributed by atoms with E-state index in [1.54, 1.807) is 43.5 Å². The predicted octanol–water partition coefficient (Wildman–Crippen LogP) is 4.29. The molecule has 3 rings (SSSR count). The molecule has 1 amide bonds. The Labute approximate surface area is 177 Å². The highest BCUT2D eigenvalue weighted by Crippen LogP contribution is 2.21. The molecule has 3 aromatic rings. The molecule has 0 aliphatic rings. The molecule has 7 heteroatoms. The maximum atomic E-state index is 12.7. The highest BCUT2D eigenvalue weighted by atomic mass is 32.2. The van der Waals surface area contributed by atoms with Gasteiger partial charge in [-0.3, -0.25) is 9.52 Å². The summed E-state index contributed by atoms with van der Waals surface area (Å²) < 4.78 is 33.0. The van der Waals surface area contributed by atoms with Crippen molar-refractivity contribution in [2.45, 2.75) is 25.2 Å². The predicted molar refractivity (Wildman–Crippen MR) is 118 cm³/mol. The van der Waals surface area contributed by atoms with Crippen molar-refractivity contribution < 1.29 is 17.9 Å². The highest BCUT2D eigenvalue weighted by molar-refractivity contribution is 7.92. The Bertz CT molecular complexity index is 1160. The van der Waals surface area contributed by atoms with E-state index in [9.17, 15) is 13.2 Å². The van der Waals surface area contributed by atoms with Gasteiger partial charge in [0, 0.05) is 11.4 Å². The lowest BCUT2D eigenvalue weighted by Crippen LogP contribution is -2.16. The van der Waals surface area contributed by atoms with E-state index in [-0.39, 0.29) is 17.2 Å². The summed E-state index contributed by atoms with van der Waals surface area (Å²) in [4.78, 5) is 12.5. The Morgan fingerprint density at radius 2 is 1.63 bits per heavy atom. The van der Waals surface area contributed by atoms with Crippen molar-refractivity contribution in [3.05, 3.63) is 83.4 Å². The number of hydrogen-bond donors (Lipinski definition) is 2. The fourth-order valence-electron chi connectivity index (χ4n) is 2.92. The van der Waals surface area contributed by atoms with Crippen LogP contribution in [0.1, 0.15) is 16.7 Å². The van der Waals surface area contributed by atoms with E-state index in [0.717, 1.165) is 11.1 Å². The molecule has 0 unspecified atom stereocenters. The number of methoxy groups -OCH3 is 1. The number of carbonyl (C=O) groups is 1. The van der Waals surface area contributed by atoms with Crippen LogP contribution in [0.25, 0.3) is 0 Å². The molecule has 0 aliphatic carbocycles. The van der Waals surface area contributed by atoms with Gasteiger partial charge in [-0.05, 0) is 73.0 Å². The van der Waals surface area contributed by atoms with Crippen molar-refractivity contribution in [3.63, 3.8) is 0 Å². The van der Waals surface area contributed by atoms with Crippen LogP contribution in [0.5, 0.6) is 5.75 Å². The van der Waals surface area contributed by atoms with E-state index in [1.807, 2.05) is 32.0 Å². The number of anilines is 2. The van der Waals surface area contributed by atoms with Gasteiger partial charge in [0.15, 0.2) is 0 Å². The van der Waals surface area contributed by atoms with E-state index in [0.29, 0.717) is 17.1 Å². The molecule has 30 heavy (non-hydrogen) atoms. The lowest BCUT2D eigenvalue weighted by Gasteiger charge is -2.11. The van der Waals surface area contributed by atoms with Gasteiger partial charge in [0.1, 0.15) is 5.75 Å². The van der Waals surface area contributed by atoms with Gasteiger partial charge in [-0.1, -0.05) is 24.3 Å². The molecular weight excluding hydrogens is 400 g/mol. The monoisotopic (exact) mass is 424 g/mol. The van der Waals surface area contributed by atoms with Crippen LogP contribution in [0, 0.1) is 13.8 Å². The molecule has 0 aromatic heterocycles. The Morgan fingerprint density at radius 3 is 2.30 bits per heavy atom. The molecule has 0 heterocycles. The number of amides is 1. The van der Waals surface area contributed by atoms with Gasteiger partial charge < -0.3 is 10.1 Å². The fourth-order valence-corrected chi connectivity index (χ4v) is 4.02. The first-order valence-electron chi connectivity index (χ1n) is 9.40. The van der Waals surface area contributed by atoms with Crippen LogP contribution in [-0.2, 0) is 21.2 Å². The zero-order valence-corrected chi connectivity index (χ0v) is 17.9. The summed E-state index contributed by atoms with van der Waals surface area (Å²) in [5, 5.41) is 2.77. The van der Waals surface area contributed by atoms with Gasteiger partial charge in [-0.25, -0.2) is 8.42 Å². The average Bonchev–Trinajstić information content (AvgIpc) is 2.71. The van der Waals surface area contributed by atoms with Crippen molar-refractivity contribution in [3.8, 4) is 5.75 Å². The molecule has 0 aliphatic heterocycles. The topological polar surface area (TPSA) is 84.5 Å². The molecule has 156 valence electrons. The lowest BCUT2D eigenvalue weighted by molar-refractivity contribution is -0.115. The lowest BCUT2D eigenvalue weighted by atomic mass is 10.0. The molecular formula is C23H24N2O4S. The van der Waals surface area contributed by atoms with E-state index in [2.05, 4.69) is 10.0 Å². The number of aryl methyl sites for hydroxylation is 2. The summed E-state index contributed by atoms with van der Waals surface area (Å²) in [5.74, 6) is 0.419. The minimum atomic E-state index is -3.80. The van der Waals surface area contributed by atoms with Crippen molar-refractivity contribution in [1.29, 1.82) is 0 Å². The van der Waals surface area contributed by atoms with Crippen LogP contribution in [0.2, 0.25) is 0 Å². The largest absolute Gasteiger partial charge is 0.497 e. The second kappa shape index (κ2) is 9.00. The molecule has 0 bridgehead atoms. The first-order valence-corrected chi connectivity index (χ1v) is 10.9. The van der Waals surface area contributed by atoms with Gasteiger partial charge in [-0.2, -0.15) is 0 Å². The van der Waals surface area contributed by atoms with Gasteiger partial charge >= 0.3 is 0 Å². The Balaban J connectivity index is 1.71. The molecule has 0 atom stereocenters. The third-order valence-electron chi connectivity index (χ3n) is 4.71. The van der Waals surface area contributed by atoms with E-state index >= 15 is 0 Å². The standard InChI is InChI=1S/C23H24N2O4S/c1-16-7-8-18(13-17(16)2)14-23(26)24-20-5-4-6-22(15-20)30(27,28)25-19-9-11-21(29-3)12-10-19/h4-13,15,25H,14H2,1-3H3,(H,24,26). The molecule has 2 N–H and O–H groups in total. The maximum Gasteiger partial charge on any atom is 0.261 e. The van der Waals surface area contributed by atoms with Crippen molar-refractivity contribution in [2.75, 3.05) is 17.1 Å². The highest BCUT2D eigenvalue weighted by Gasteiger charge is 2.15. The van der Waals surface area contributed by atoms with Crippen LogP contribution >= 0.6 is 0 Å². The Morgan fingerprint density at radius 1 is 0.900 bits per heavy atom. The molecule has 0 saturated heterocycles. The van der Waals surface area contributed by atoms with Crippen LogP contribution in [-0.4, -0.2) is 21.4 Å². The molecule has 0 radical (unpaired) electrons. The maximum absolute atomic E-state index is 12.7. The van der Waals surface area contributed by atoms with E-state index < -0.39 is 10.0 Å². The minimum Gasteiger partial charge on any atom is -0.497 e. The summed E-state index contributed by atoms with van der Waals surface area (Å²) in [6.45, 7) is 4.02. The van der Waals surface area contributed by atoms with E-state index in [4.69, 9.17) is 4.74 Å². The summed E-state index contributed by atoms with van der Waals surface area (Å²) in [6.07, 6.45) is 0.211. The smallest absolute Gasteiger partial charge is 0.261 e.